The van der Waals surface area contributed by atoms with E-state index in [9.17, 15) is 0 Å². The molecule has 0 aromatic carbocycles. The quantitative estimate of drug-likeness (QED) is 0.640. The Hall–Kier alpha value is -0.420. The summed E-state index contributed by atoms with van der Waals surface area (Å²) in [5.41, 5.74) is 1.44. The van der Waals surface area contributed by atoms with Crippen molar-refractivity contribution in [1.82, 2.24) is 0 Å². The first kappa shape index (κ1) is 12.0. The lowest BCUT2D eigenvalue weighted by Crippen LogP contribution is -3.16. The van der Waals surface area contributed by atoms with Crippen LogP contribution in [-0.4, -0.2) is 39.4 Å². The average Bonchev–Trinajstić information content (AvgIpc) is 2.72. The molecule has 1 saturated heterocycles. The van der Waals surface area contributed by atoms with Gasteiger partial charge < -0.3 is 15.0 Å². The van der Waals surface area contributed by atoms with Crippen molar-refractivity contribution < 1.29 is 15.0 Å². The summed E-state index contributed by atoms with van der Waals surface area (Å²) in [4.78, 5) is 3.22. The molecule has 16 heavy (non-hydrogen) atoms. The van der Waals surface area contributed by atoms with Gasteiger partial charge >= 0.3 is 0 Å². The molecule has 1 aliphatic rings. The maximum atomic E-state index is 5.35. The minimum absolute atomic E-state index is 0.944. The first-order valence-electron chi connectivity index (χ1n) is 6.12. The fourth-order valence-corrected chi connectivity index (χ4v) is 2.97. The lowest BCUT2D eigenvalue weighted by atomic mass is 10.3. The number of aryl methyl sites for hydroxylation is 1. The van der Waals surface area contributed by atoms with E-state index < -0.39 is 0 Å². The molecule has 4 heteroatoms. The van der Waals surface area contributed by atoms with E-state index >= 15 is 0 Å². The summed E-state index contributed by atoms with van der Waals surface area (Å²) < 4.78 is 5.35. The van der Waals surface area contributed by atoms with Crippen LogP contribution in [0.2, 0.25) is 0 Å². The molecule has 2 heterocycles. The standard InChI is InChI=1S/C12H20N2OS/c1-11-2-9-16-12(11)10-13-3-4-14-5-7-15-8-6-14/h2,9,13H,3-8,10H2,1H3/p+2. The molecule has 1 aliphatic heterocycles. The van der Waals surface area contributed by atoms with E-state index in [0.29, 0.717) is 0 Å². The van der Waals surface area contributed by atoms with E-state index in [1.807, 2.05) is 11.3 Å². The summed E-state index contributed by atoms with van der Waals surface area (Å²) in [6, 6.07) is 2.21. The highest BCUT2D eigenvalue weighted by molar-refractivity contribution is 7.10. The van der Waals surface area contributed by atoms with Gasteiger partial charge in [0.1, 0.15) is 32.7 Å². The first-order chi connectivity index (χ1) is 7.86. The van der Waals surface area contributed by atoms with E-state index in [4.69, 9.17) is 4.74 Å². The first-order valence-corrected chi connectivity index (χ1v) is 7.00. The molecule has 0 saturated carbocycles. The highest BCUT2D eigenvalue weighted by Gasteiger charge is 2.13. The van der Waals surface area contributed by atoms with Gasteiger partial charge in [-0.1, -0.05) is 0 Å². The molecule has 2 rings (SSSR count). The highest BCUT2D eigenvalue weighted by Crippen LogP contribution is 2.13. The summed E-state index contributed by atoms with van der Waals surface area (Å²) in [7, 11) is 0. The Labute approximate surface area is 101 Å². The monoisotopic (exact) mass is 242 g/mol. The molecule has 1 aromatic heterocycles. The number of nitrogens with one attached hydrogen (secondary N) is 1. The van der Waals surface area contributed by atoms with Crippen molar-refractivity contribution in [2.24, 2.45) is 0 Å². The Kier molecular flexibility index (Phi) is 4.78. The normalized spacial score (nSPS) is 17.8. The molecular formula is C12H22N2OS+2. The molecule has 0 spiro atoms. The van der Waals surface area contributed by atoms with Crippen molar-refractivity contribution in [2.45, 2.75) is 13.5 Å². The van der Waals surface area contributed by atoms with Crippen molar-refractivity contribution in [3.05, 3.63) is 21.9 Å². The lowest BCUT2D eigenvalue weighted by Gasteiger charge is -2.22. The fourth-order valence-electron chi connectivity index (χ4n) is 2.06. The van der Waals surface area contributed by atoms with Gasteiger partial charge in [0, 0.05) is 0 Å². The molecule has 0 radical (unpaired) electrons. The van der Waals surface area contributed by atoms with Gasteiger partial charge in [0.25, 0.3) is 0 Å². The summed E-state index contributed by atoms with van der Waals surface area (Å²) in [6.45, 7) is 10.1. The maximum Gasteiger partial charge on any atom is 0.127 e. The molecular weight excluding hydrogens is 220 g/mol. The van der Waals surface area contributed by atoms with Crippen LogP contribution in [0.3, 0.4) is 0 Å². The van der Waals surface area contributed by atoms with Gasteiger partial charge in [-0.15, -0.1) is 11.3 Å². The Morgan fingerprint density at radius 2 is 2.25 bits per heavy atom. The zero-order valence-corrected chi connectivity index (χ0v) is 10.8. The smallest absolute Gasteiger partial charge is 0.127 e. The van der Waals surface area contributed by atoms with E-state index in [0.717, 1.165) is 19.8 Å². The predicted octanol–water partition coefficient (Wildman–Crippen LogP) is -0.965. The minimum atomic E-state index is 0.944. The summed E-state index contributed by atoms with van der Waals surface area (Å²) in [6.07, 6.45) is 0. The number of ether oxygens (including phenoxy) is 1. The van der Waals surface area contributed by atoms with Crippen LogP contribution in [0.1, 0.15) is 10.4 Å². The van der Waals surface area contributed by atoms with Crippen LogP contribution in [0, 0.1) is 6.92 Å². The number of rotatable bonds is 5. The molecule has 1 fully saturated rings. The van der Waals surface area contributed by atoms with Gasteiger partial charge in [0.2, 0.25) is 0 Å². The number of nitrogens with two attached hydrogens (primary N) is 1. The number of thiophene rings is 1. The van der Waals surface area contributed by atoms with Gasteiger partial charge in [-0.2, -0.15) is 0 Å². The molecule has 90 valence electrons. The number of quaternary nitrogens is 2. The van der Waals surface area contributed by atoms with Crippen molar-refractivity contribution in [1.29, 1.82) is 0 Å². The lowest BCUT2D eigenvalue weighted by molar-refractivity contribution is -0.920. The number of hydrogen-bond donors (Lipinski definition) is 2. The van der Waals surface area contributed by atoms with E-state index in [1.54, 1.807) is 4.90 Å². The average molecular weight is 242 g/mol. The van der Waals surface area contributed by atoms with E-state index in [-0.39, 0.29) is 0 Å². The molecule has 0 bridgehead atoms. The third-order valence-corrected chi connectivity index (χ3v) is 4.25. The molecule has 0 atom stereocenters. The third kappa shape index (κ3) is 3.56. The second-order valence-corrected chi connectivity index (χ2v) is 5.42. The van der Waals surface area contributed by atoms with Crippen LogP contribution in [0.15, 0.2) is 11.4 Å². The van der Waals surface area contributed by atoms with Crippen molar-refractivity contribution in [3.8, 4) is 0 Å². The molecule has 0 aliphatic carbocycles. The Balaban J connectivity index is 1.59. The second-order valence-electron chi connectivity index (χ2n) is 4.42. The van der Waals surface area contributed by atoms with Crippen LogP contribution < -0.4 is 10.2 Å². The molecule has 3 N–H and O–H groups in total. The molecule has 1 aromatic rings. The maximum absolute atomic E-state index is 5.35. The van der Waals surface area contributed by atoms with Crippen LogP contribution in [-0.2, 0) is 11.3 Å². The molecule has 0 amide bonds. The van der Waals surface area contributed by atoms with Crippen molar-refractivity contribution in [3.63, 3.8) is 0 Å². The summed E-state index contributed by atoms with van der Waals surface area (Å²) in [5, 5.41) is 4.62. The summed E-state index contributed by atoms with van der Waals surface area (Å²) >= 11 is 1.88. The van der Waals surface area contributed by atoms with Gasteiger partial charge in [-0.25, -0.2) is 0 Å². The van der Waals surface area contributed by atoms with Gasteiger partial charge in [-0.3, -0.25) is 0 Å². The summed E-state index contributed by atoms with van der Waals surface area (Å²) in [5.74, 6) is 0. The molecule has 3 nitrogen and oxygen atoms in total. The zero-order valence-electron chi connectivity index (χ0n) is 10.00. The largest absolute Gasteiger partial charge is 0.370 e. The minimum Gasteiger partial charge on any atom is -0.370 e. The van der Waals surface area contributed by atoms with Crippen molar-refractivity contribution >= 4 is 11.3 Å². The number of morpholine rings is 1. The van der Waals surface area contributed by atoms with Gasteiger partial charge in [0.15, 0.2) is 0 Å². The second kappa shape index (κ2) is 6.35. The van der Waals surface area contributed by atoms with Crippen LogP contribution >= 0.6 is 11.3 Å². The Morgan fingerprint density at radius 3 is 2.94 bits per heavy atom. The topological polar surface area (TPSA) is 30.3 Å². The van der Waals surface area contributed by atoms with Crippen LogP contribution in [0.5, 0.6) is 0 Å². The Morgan fingerprint density at radius 1 is 1.44 bits per heavy atom. The van der Waals surface area contributed by atoms with Crippen LogP contribution in [0.25, 0.3) is 0 Å². The van der Waals surface area contributed by atoms with Crippen molar-refractivity contribution in [2.75, 3.05) is 39.4 Å². The predicted molar refractivity (Wildman–Crippen MR) is 65.9 cm³/mol. The highest BCUT2D eigenvalue weighted by atomic mass is 32.1. The Bertz CT molecular complexity index is 308. The zero-order chi connectivity index (χ0) is 11.2. The SMILES string of the molecule is Cc1ccsc1C[NH2+]CC[NH+]1CCOCC1. The third-order valence-electron chi connectivity index (χ3n) is 3.20. The number of hydrogen-bond acceptors (Lipinski definition) is 2. The molecule has 0 unspecified atom stereocenters. The van der Waals surface area contributed by atoms with E-state index in [1.165, 1.54) is 36.6 Å². The fraction of sp³-hybridized carbons (Fsp3) is 0.667. The van der Waals surface area contributed by atoms with Gasteiger partial charge in [0.05, 0.1) is 18.1 Å². The van der Waals surface area contributed by atoms with Crippen LogP contribution in [0.4, 0.5) is 0 Å². The van der Waals surface area contributed by atoms with E-state index in [2.05, 4.69) is 23.7 Å². The van der Waals surface area contributed by atoms with Gasteiger partial charge in [-0.05, 0) is 23.9 Å².